The lowest BCUT2D eigenvalue weighted by molar-refractivity contribution is 0.122. The third-order valence-corrected chi connectivity index (χ3v) is 5.34. The van der Waals surface area contributed by atoms with Crippen molar-refractivity contribution in [1.29, 1.82) is 0 Å². The molecule has 4 aromatic rings. The van der Waals surface area contributed by atoms with Gasteiger partial charge in [0, 0.05) is 37.7 Å². The van der Waals surface area contributed by atoms with Gasteiger partial charge in [0.25, 0.3) is 5.56 Å². The van der Waals surface area contributed by atoms with Crippen molar-refractivity contribution >= 4 is 28.0 Å². The maximum absolute atomic E-state index is 12.5. The molecule has 3 aromatic heterocycles. The number of aromatic amines is 1. The summed E-state index contributed by atoms with van der Waals surface area (Å²) in [7, 11) is 1.92. The van der Waals surface area contributed by atoms with Crippen LogP contribution in [0.3, 0.4) is 0 Å². The zero-order valence-corrected chi connectivity index (χ0v) is 16.6. The van der Waals surface area contributed by atoms with Crippen LogP contribution >= 0.6 is 0 Å². The van der Waals surface area contributed by atoms with E-state index >= 15 is 0 Å². The molecule has 30 heavy (non-hydrogen) atoms. The average Bonchev–Trinajstić information content (AvgIpc) is 3.21. The highest BCUT2D eigenvalue weighted by Gasteiger charge is 2.14. The van der Waals surface area contributed by atoms with Gasteiger partial charge in [0.2, 0.25) is 0 Å². The molecule has 8 nitrogen and oxygen atoms in total. The summed E-state index contributed by atoms with van der Waals surface area (Å²) in [6.45, 7) is 3.28. The number of nitrogens with one attached hydrogen (secondary N) is 2. The van der Waals surface area contributed by atoms with Gasteiger partial charge >= 0.3 is 0 Å². The Bertz CT molecular complexity index is 1240. The molecule has 0 atom stereocenters. The number of rotatable bonds is 4. The van der Waals surface area contributed by atoms with Gasteiger partial charge in [-0.3, -0.25) is 4.79 Å². The Morgan fingerprint density at radius 1 is 1.13 bits per heavy atom. The Morgan fingerprint density at radius 2 is 1.93 bits per heavy atom. The summed E-state index contributed by atoms with van der Waals surface area (Å²) in [5.74, 6) is 0.518. The molecule has 0 spiro atoms. The summed E-state index contributed by atoms with van der Waals surface area (Å²) >= 11 is 0. The van der Waals surface area contributed by atoms with Gasteiger partial charge in [-0.2, -0.15) is 0 Å². The van der Waals surface area contributed by atoms with Gasteiger partial charge in [-0.1, -0.05) is 0 Å². The van der Waals surface area contributed by atoms with Crippen molar-refractivity contribution in [3.05, 3.63) is 65.5 Å². The van der Waals surface area contributed by atoms with Crippen molar-refractivity contribution in [1.82, 2.24) is 19.5 Å². The Morgan fingerprint density at radius 3 is 2.67 bits per heavy atom. The zero-order chi connectivity index (χ0) is 20.5. The molecule has 1 saturated heterocycles. The third-order valence-electron chi connectivity index (χ3n) is 5.34. The Balaban J connectivity index is 1.53. The van der Waals surface area contributed by atoms with Crippen LogP contribution in [0, 0.1) is 0 Å². The molecule has 1 fully saturated rings. The SMILES string of the molecule is Cn1cncc1-c1cc2cc[nH]c(=O)c2c(Nc2ccc(N3CCOCC3)cc2)n1. The number of pyridine rings is 2. The summed E-state index contributed by atoms with van der Waals surface area (Å²) in [5.41, 5.74) is 3.47. The van der Waals surface area contributed by atoms with Gasteiger partial charge < -0.3 is 24.5 Å². The van der Waals surface area contributed by atoms with Crippen molar-refractivity contribution in [3.8, 4) is 11.4 Å². The van der Waals surface area contributed by atoms with Crippen LogP contribution in [0.1, 0.15) is 0 Å². The van der Waals surface area contributed by atoms with E-state index in [-0.39, 0.29) is 5.56 Å². The van der Waals surface area contributed by atoms with E-state index in [1.54, 1.807) is 18.7 Å². The highest BCUT2D eigenvalue weighted by Crippen LogP contribution is 2.28. The molecule has 2 N–H and O–H groups in total. The van der Waals surface area contributed by atoms with Gasteiger partial charge in [0.1, 0.15) is 5.82 Å². The molecule has 1 aliphatic rings. The number of imidazole rings is 1. The third kappa shape index (κ3) is 3.42. The van der Waals surface area contributed by atoms with Crippen molar-refractivity contribution < 1.29 is 4.74 Å². The van der Waals surface area contributed by atoms with Crippen LogP contribution in [0.15, 0.2) is 59.9 Å². The first-order valence-electron chi connectivity index (χ1n) is 9.88. The number of hydrogen-bond donors (Lipinski definition) is 2. The van der Waals surface area contributed by atoms with Gasteiger partial charge in [-0.05, 0) is 41.8 Å². The van der Waals surface area contributed by atoms with E-state index in [1.165, 1.54) is 0 Å². The maximum Gasteiger partial charge on any atom is 0.259 e. The van der Waals surface area contributed by atoms with Crippen LogP contribution in [0.4, 0.5) is 17.2 Å². The molecule has 8 heteroatoms. The Kier molecular flexibility index (Phi) is 4.68. The van der Waals surface area contributed by atoms with Crippen LogP contribution in [0.5, 0.6) is 0 Å². The summed E-state index contributed by atoms with van der Waals surface area (Å²) in [6.07, 6.45) is 5.15. The Hall–Kier alpha value is -3.65. The first-order valence-corrected chi connectivity index (χ1v) is 9.88. The van der Waals surface area contributed by atoms with Gasteiger partial charge in [0.05, 0.1) is 42.5 Å². The van der Waals surface area contributed by atoms with Gasteiger partial charge in [-0.25, -0.2) is 9.97 Å². The van der Waals surface area contributed by atoms with E-state index < -0.39 is 0 Å². The molecule has 0 amide bonds. The van der Waals surface area contributed by atoms with Crippen LogP contribution in [0.2, 0.25) is 0 Å². The van der Waals surface area contributed by atoms with Crippen LogP contribution in [0.25, 0.3) is 22.2 Å². The maximum atomic E-state index is 12.5. The van der Waals surface area contributed by atoms with Crippen molar-refractivity contribution in [2.45, 2.75) is 0 Å². The normalized spacial score (nSPS) is 14.2. The first kappa shape index (κ1) is 18.4. The average molecular weight is 402 g/mol. The molecule has 4 heterocycles. The lowest BCUT2D eigenvalue weighted by Crippen LogP contribution is -2.36. The minimum Gasteiger partial charge on any atom is -0.378 e. The number of benzene rings is 1. The Labute approximate surface area is 173 Å². The van der Waals surface area contributed by atoms with Crippen LogP contribution < -0.4 is 15.8 Å². The number of hydrogen-bond acceptors (Lipinski definition) is 6. The standard InChI is InChI=1S/C22H22N6O2/c1-27-14-23-13-19(27)18-12-15-6-7-24-22(29)20(15)21(26-18)25-16-2-4-17(5-3-16)28-8-10-30-11-9-28/h2-7,12-14H,8-11H2,1H3,(H,24,29)(H,25,26). The van der Waals surface area contributed by atoms with Crippen LogP contribution in [-0.2, 0) is 11.8 Å². The molecular formula is C22H22N6O2. The fraction of sp³-hybridized carbons (Fsp3) is 0.227. The molecule has 1 aromatic carbocycles. The summed E-state index contributed by atoms with van der Waals surface area (Å²) in [6, 6.07) is 12.0. The lowest BCUT2D eigenvalue weighted by Gasteiger charge is -2.28. The van der Waals surface area contributed by atoms with Crippen LogP contribution in [-0.4, -0.2) is 45.8 Å². The molecule has 0 bridgehead atoms. The van der Waals surface area contributed by atoms with E-state index in [4.69, 9.17) is 9.72 Å². The quantitative estimate of drug-likeness (QED) is 0.546. The van der Waals surface area contributed by atoms with Crippen molar-refractivity contribution in [2.75, 3.05) is 36.5 Å². The summed E-state index contributed by atoms with van der Waals surface area (Å²) < 4.78 is 7.33. The highest BCUT2D eigenvalue weighted by atomic mass is 16.5. The van der Waals surface area contributed by atoms with Crippen molar-refractivity contribution in [3.63, 3.8) is 0 Å². The molecule has 152 valence electrons. The molecule has 0 saturated carbocycles. The molecule has 0 unspecified atom stereocenters. The second-order valence-electron chi connectivity index (χ2n) is 7.29. The number of nitrogens with zero attached hydrogens (tertiary/aromatic N) is 4. The topological polar surface area (TPSA) is 88.1 Å². The number of anilines is 3. The second-order valence-corrected chi connectivity index (χ2v) is 7.29. The van der Waals surface area contributed by atoms with Crippen molar-refractivity contribution in [2.24, 2.45) is 7.05 Å². The number of aryl methyl sites for hydroxylation is 1. The number of morpholine rings is 1. The van der Waals surface area contributed by atoms with E-state index in [0.717, 1.165) is 54.5 Å². The van der Waals surface area contributed by atoms with Gasteiger partial charge in [0.15, 0.2) is 0 Å². The number of H-pyrrole nitrogens is 1. The molecule has 0 aliphatic carbocycles. The number of ether oxygens (including phenoxy) is 1. The van der Waals surface area contributed by atoms with E-state index in [9.17, 15) is 4.79 Å². The fourth-order valence-electron chi connectivity index (χ4n) is 3.75. The highest BCUT2D eigenvalue weighted by molar-refractivity contribution is 5.95. The van der Waals surface area contributed by atoms with Gasteiger partial charge in [-0.15, -0.1) is 0 Å². The minimum atomic E-state index is -0.177. The summed E-state index contributed by atoms with van der Waals surface area (Å²) in [5, 5.41) is 4.68. The first-order chi connectivity index (χ1) is 14.7. The van der Waals surface area contributed by atoms with E-state index in [0.29, 0.717) is 11.2 Å². The smallest absolute Gasteiger partial charge is 0.259 e. The van der Waals surface area contributed by atoms with E-state index in [1.807, 2.05) is 35.9 Å². The molecule has 1 aliphatic heterocycles. The van der Waals surface area contributed by atoms with E-state index in [2.05, 4.69) is 32.3 Å². The second kappa shape index (κ2) is 7.64. The predicted octanol–water partition coefficient (Wildman–Crippen LogP) is 2.90. The summed E-state index contributed by atoms with van der Waals surface area (Å²) in [4.78, 5) is 26.5. The predicted molar refractivity (Wildman–Crippen MR) is 117 cm³/mol. The number of fused-ring (bicyclic) bond motifs is 1. The minimum absolute atomic E-state index is 0.177. The number of aromatic nitrogens is 4. The fourth-order valence-corrected chi connectivity index (χ4v) is 3.75. The molecule has 5 rings (SSSR count). The lowest BCUT2D eigenvalue weighted by atomic mass is 10.1. The monoisotopic (exact) mass is 402 g/mol. The largest absolute Gasteiger partial charge is 0.378 e. The molecular weight excluding hydrogens is 380 g/mol. The zero-order valence-electron chi connectivity index (χ0n) is 16.6. The molecule has 0 radical (unpaired) electrons.